The zero-order valence-electron chi connectivity index (χ0n) is 15.7. The number of nitrogens with one attached hydrogen (secondary N) is 1. The van der Waals surface area contributed by atoms with E-state index in [4.69, 9.17) is 0 Å². The fourth-order valence-corrected chi connectivity index (χ4v) is 3.19. The summed E-state index contributed by atoms with van der Waals surface area (Å²) in [6.07, 6.45) is 16.7. The van der Waals surface area contributed by atoms with Gasteiger partial charge in [0.2, 0.25) is 5.91 Å². The Morgan fingerprint density at radius 1 is 1.24 bits per heavy atom. The molecule has 0 saturated heterocycles. The fraction of sp³-hybridized carbons (Fsp3) is 0.364. The molecule has 1 N–H and O–H groups in total. The van der Waals surface area contributed by atoms with E-state index in [1.165, 1.54) is 36.5 Å². The highest BCUT2D eigenvalue weighted by Crippen LogP contribution is 2.40. The summed E-state index contributed by atoms with van der Waals surface area (Å²) in [4.78, 5) is 15.8. The topological polar surface area (TPSA) is 42.0 Å². The monoisotopic (exact) mass is 336 g/mol. The molecule has 0 aliphatic heterocycles. The van der Waals surface area contributed by atoms with Gasteiger partial charge in [0, 0.05) is 24.2 Å². The predicted molar refractivity (Wildman–Crippen MR) is 105 cm³/mol. The van der Waals surface area contributed by atoms with Crippen LogP contribution in [-0.2, 0) is 4.79 Å². The third kappa shape index (κ3) is 5.86. The molecule has 2 rings (SSSR count). The molecule has 3 heteroatoms. The Morgan fingerprint density at radius 2 is 1.96 bits per heavy atom. The minimum atomic E-state index is -0.147. The van der Waals surface area contributed by atoms with Crippen molar-refractivity contribution >= 4 is 11.6 Å². The Balaban J connectivity index is 1.96. The van der Waals surface area contributed by atoms with E-state index in [0.29, 0.717) is 0 Å². The number of rotatable bonds is 5. The van der Waals surface area contributed by atoms with E-state index in [1.807, 2.05) is 13.0 Å². The Labute approximate surface area is 151 Å². The molecule has 0 unspecified atom stereocenters. The molecule has 1 aliphatic carbocycles. The first-order valence-electron chi connectivity index (χ1n) is 8.83. The van der Waals surface area contributed by atoms with Crippen molar-refractivity contribution in [2.24, 2.45) is 5.41 Å². The van der Waals surface area contributed by atoms with Gasteiger partial charge in [-0.1, -0.05) is 49.3 Å². The lowest BCUT2D eigenvalue weighted by Gasteiger charge is -2.32. The molecule has 1 amide bonds. The molecule has 1 heterocycles. The summed E-state index contributed by atoms with van der Waals surface area (Å²) in [5, 5.41) is 2.80. The van der Waals surface area contributed by atoms with Gasteiger partial charge in [-0.25, -0.2) is 0 Å². The highest BCUT2D eigenvalue weighted by molar-refractivity contribution is 5.99. The second kappa shape index (κ2) is 8.61. The Kier molecular flexibility index (Phi) is 6.51. The van der Waals surface area contributed by atoms with Gasteiger partial charge in [-0.2, -0.15) is 0 Å². The SMILES string of the molecule is CC(C=CC1=C(C)CCCC1(C)C)=CC=CC(=O)Nc1ccncc1. The number of nitrogens with zero attached hydrogens (tertiary/aromatic N) is 1. The summed E-state index contributed by atoms with van der Waals surface area (Å²) in [6, 6.07) is 3.52. The molecule has 1 aliphatic rings. The minimum absolute atomic E-state index is 0.147. The summed E-state index contributed by atoms with van der Waals surface area (Å²) in [7, 11) is 0. The number of aromatic nitrogens is 1. The van der Waals surface area contributed by atoms with Crippen LogP contribution in [0.1, 0.15) is 47.0 Å². The number of pyridine rings is 1. The second-order valence-corrected chi connectivity index (χ2v) is 7.26. The molecule has 3 nitrogen and oxygen atoms in total. The molecule has 1 aromatic heterocycles. The zero-order valence-corrected chi connectivity index (χ0v) is 15.7. The quantitative estimate of drug-likeness (QED) is 0.561. The first-order valence-corrected chi connectivity index (χ1v) is 8.83. The number of hydrogen-bond acceptors (Lipinski definition) is 2. The zero-order chi connectivity index (χ0) is 18.3. The highest BCUT2D eigenvalue weighted by Gasteiger charge is 2.26. The molecule has 132 valence electrons. The Morgan fingerprint density at radius 3 is 2.64 bits per heavy atom. The number of anilines is 1. The van der Waals surface area contributed by atoms with Crippen LogP contribution in [0.15, 0.2) is 71.6 Å². The smallest absolute Gasteiger partial charge is 0.248 e. The van der Waals surface area contributed by atoms with Gasteiger partial charge >= 0.3 is 0 Å². The number of carbonyl (C=O) groups excluding carboxylic acids is 1. The van der Waals surface area contributed by atoms with Gasteiger partial charge in [0.05, 0.1) is 0 Å². The van der Waals surface area contributed by atoms with Crippen molar-refractivity contribution in [3.8, 4) is 0 Å². The van der Waals surface area contributed by atoms with Gasteiger partial charge in [0.25, 0.3) is 0 Å². The molecule has 0 fully saturated rings. The van der Waals surface area contributed by atoms with Crippen LogP contribution in [0.3, 0.4) is 0 Å². The van der Waals surface area contributed by atoms with E-state index in [9.17, 15) is 4.79 Å². The summed E-state index contributed by atoms with van der Waals surface area (Å²) >= 11 is 0. The summed E-state index contributed by atoms with van der Waals surface area (Å²) in [5.74, 6) is -0.147. The lowest BCUT2D eigenvalue weighted by Crippen LogP contribution is -2.19. The van der Waals surface area contributed by atoms with E-state index in [0.717, 1.165) is 11.3 Å². The molecular formula is C22H28N2O. The number of amides is 1. The maximum Gasteiger partial charge on any atom is 0.248 e. The molecule has 0 bridgehead atoms. The summed E-state index contributed by atoms with van der Waals surface area (Å²) in [5.41, 5.74) is 5.06. The average Bonchev–Trinajstić information content (AvgIpc) is 2.54. The molecule has 0 atom stereocenters. The van der Waals surface area contributed by atoms with E-state index in [2.05, 4.69) is 43.2 Å². The largest absolute Gasteiger partial charge is 0.322 e. The second-order valence-electron chi connectivity index (χ2n) is 7.26. The van der Waals surface area contributed by atoms with Crippen molar-refractivity contribution in [2.75, 3.05) is 5.32 Å². The van der Waals surface area contributed by atoms with Gasteiger partial charge in [-0.05, 0) is 56.2 Å². The average molecular weight is 336 g/mol. The van der Waals surface area contributed by atoms with Crippen LogP contribution >= 0.6 is 0 Å². The van der Waals surface area contributed by atoms with E-state index >= 15 is 0 Å². The van der Waals surface area contributed by atoms with Crippen molar-refractivity contribution in [1.29, 1.82) is 0 Å². The number of carbonyl (C=O) groups is 1. The lowest BCUT2D eigenvalue weighted by atomic mass is 9.72. The third-order valence-electron chi connectivity index (χ3n) is 4.61. The Bertz CT molecular complexity index is 722. The minimum Gasteiger partial charge on any atom is -0.322 e. The van der Waals surface area contributed by atoms with Crippen LogP contribution in [-0.4, -0.2) is 10.9 Å². The number of allylic oxidation sites excluding steroid dienone is 7. The molecule has 25 heavy (non-hydrogen) atoms. The van der Waals surface area contributed by atoms with Crippen LogP contribution < -0.4 is 5.32 Å². The molecule has 1 aromatic rings. The molecule has 0 spiro atoms. The van der Waals surface area contributed by atoms with Crippen LogP contribution in [0.4, 0.5) is 5.69 Å². The number of hydrogen-bond donors (Lipinski definition) is 1. The standard InChI is InChI=1S/C22H28N2O/c1-17(10-11-20-18(2)8-6-14-22(20,3)4)7-5-9-21(25)24-19-12-15-23-16-13-19/h5,7,9-13,15-16H,6,8,14H2,1-4H3,(H,23,24,25). The fourth-order valence-electron chi connectivity index (χ4n) is 3.19. The lowest BCUT2D eigenvalue weighted by molar-refractivity contribution is -0.111. The van der Waals surface area contributed by atoms with E-state index < -0.39 is 0 Å². The van der Waals surface area contributed by atoms with Crippen LogP contribution in [0.25, 0.3) is 0 Å². The van der Waals surface area contributed by atoms with Crippen molar-refractivity contribution < 1.29 is 4.79 Å². The van der Waals surface area contributed by atoms with Gasteiger partial charge < -0.3 is 5.32 Å². The summed E-state index contributed by atoms with van der Waals surface area (Å²) < 4.78 is 0. The van der Waals surface area contributed by atoms with Gasteiger partial charge in [-0.3, -0.25) is 9.78 Å². The van der Waals surface area contributed by atoms with E-state index in [1.54, 1.807) is 30.6 Å². The third-order valence-corrected chi connectivity index (χ3v) is 4.61. The van der Waals surface area contributed by atoms with Crippen molar-refractivity contribution in [1.82, 2.24) is 4.98 Å². The van der Waals surface area contributed by atoms with Gasteiger partial charge in [0.15, 0.2) is 0 Å². The maximum atomic E-state index is 11.9. The molecular weight excluding hydrogens is 308 g/mol. The van der Waals surface area contributed by atoms with Crippen molar-refractivity contribution in [3.63, 3.8) is 0 Å². The summed E-state index contributed by atoms with van der Waals surface area (Å²) in [6.45, 7) is 8.92. The maximum absolute atomic E-state index is 11.9. The Hall–Kier alpha value is -2.42. The van der Waals surface area contributed by atoms with Crippen molar-refractivity contribution in [3.05, 3.63) is 71.6 Å². The molecule has 0 radical (unpaired) electrons. The van der Waals surface area contributed by atoms with Crippen LogP contribution in [0.2, 0.25) is 0 Å². The van der Waals surface area contributed by atoms with Crippen LogP contribution in [0, 0.1) is 5.41 Å². The molecule has 0 aromatic carbocycles. The predicted octanol–water partition coefficient (Wildman–Crippen LogP) is 5.61. The van der Waals surface area contributed by atoms with Gasteiger partial charge in [0.1, 0.15) is 0 Å². The van der Waals surface area contributed by atoms with Crippen molar-refractivity contribution in [2.45, 2.75) is 47.0 Å². The van der Waals surface area contributed by atoms with Gasteiger partial charge in [-0.15, -0.1) is 0 Å². The highest BCUT2D eigenvalue weighted by atomic mass is 16.1. The van der Waals surface area contributed by atoms with E-state index in [-0.39, 0.29) is 11.3 Å². The van der Waals surface area contributed by atoms with Crippen LogP contribution in [0.5, 0.6) is 0 Å². The first-order chi connectivity index (χ1) is 11.9. The normalized spacial score (nSPS) is 18.2. The molecule has 0 saturated carbocycles. The first kappa shape index (κ1) is 18.9.